The summed E-state index contributed by atoms with van der Waals surface area (Å²) in [5, 5.41) is 6.43. The molecular weight excluding hydrogens is 150 g/mol. The molecule has 3 heteroatoms. The highest BCUT2D eigenvalue weighted by molar-refractivity contribution is 5.32. The molecule has 0 saturated carbocycles. The van der Waals surface area contributed by atoms with Crippen molar-refractivity contribution in [1.82, 2.24) is 10.3 Å². The van der Waals surface area contributed by atoms with Crippen molar-refractivity contribution >= 4 is 5.82 Å². The Hall–Kier alpha value is -1.09. The predicted molar refractivity (Wildman–Crippen MR) is 51.3 cm³/mol. The number of hydrogen-bond acceptors (Lipinski definition) is 3. The molecule has 66 valence electrons. The molecule has 0 atom stereocenters. The van der Waals surface area contributed by atoms with Gasteiger partial charge in [0.25, 0.3) is 0 Å². The number of aromatic nitrogens is 1. The number of nitrogens with one attached hydrogen (secondary N) is 2. The molecule has 0 saturated heterocycles. The third kappa shape index (κ3) is 3.34. The Kier molecular flexibility index (Phi) is 4.16. The molecule has 3 nitrogen and oxygen atoms in total. The van der Waals surface area contributed by atoms with E-state index >= 15 is 0 Å². The van der Waals surface area contributed by atoms with Crippen LogP contribution in [0.25, 0.3) is 0 Å². The minimum atomic E-state index is 0.921. The highest BCUT2D eigenvalue weighted by atomic mass is 15.0. The quantitative estimate of drug-likeness (QED) is 0.642. The molecule has 0 aromatic carbocycles. The van der Waals surface area contributed by atoms with E-state index in [1.165, 1.54) is 0 Å². The number of anilines is 1. The fourth-order valence-corrected chi connectivity index (χ4v) is 0.923. The first-order chi connectivity index (χ1) is 5.93. The smallest absolute Gasteiger partial charge is 0.125 e. The Labute approximate surface area is 73.2 Å². The van der Waals surface area contributed by atoms with E-state index in [-0.39, 0.29) is 0 Å². The highest BCUT2D eigenvalue weighted by Gasteiger charge is 1.88. The third-order valence-corrected chi connectivity index (χ3v) is 1.52. The van der Waals surface area contributed by atoms with Crippen LogP contribution < -0.4 is 10.6 Å². The van der Waals surface area contributed by atoms with Crippen molar-refractivity contribution in [3.05, 3.63) is 24.4 Å². The van der Waals surface area contributed by atoms with Crippen LogP contribution in [-0.4, -0.2) is 24.6 Å². The van der Waals surface area contributed by atoms with Crippen molar-refractivity contribution in [3.8, 4) is 0 Å². The van der Waals surface area contributed by atoms with Gasteiger partial charge in [-0.25, -0.2) is 4.98 Å². The van der Waals surface area contributed by atoms with Gasteiger partial charge in [0.1, 0.15) is 5.82 Å². The Morgan fingerprint density at radius 3 is 2.92 bits per heavy atom. The zero-order valence-electron chi connectivity index (χ0n) is 7.38. The zero-order chi connectivity index (χ0) is 8.65. The van der Waals surface area contributed by atoms with Gasteiger partial charge in [0, 0.05) is 19.3 Å². The summed E-state index contributed by atoms with van der Waals surface area (Å²) in [6, 6.07) is 5.85. The average molecular weight is 165 g/mol. The van der Waals surface area contributed by atoms with Gasteiger partial charge in [0.2, 0.25) is 0 Å². The summed E-state index contributed by atoms with van der Waals surface area (Å²) in [6.07, 6.45) is 1.79. The maximum Gasteiger partial charge on any atom is 0.125 e. The van der Waals surface area contributed by atoms with Gasteiger partial charge in [-0.2, -0.15) is 0 Å². The molecule has 0 aliphatic carbocycles. The van der Waals surface area contributed by atoms with Crippen LogP contribution in [0.3, 0.4) is 0 Å². The van der Waals surface area contributed by atoms with Gasteiger partial charge in [0.05, 0.1) is 0 Å². The summed E-state index contributed by atoms with van der Waals surface area (Å²) in [5.41, 5.74) is 0. The molecule has 0 aliphatic heterocycles. The lowest BCUT2D eigenvalue weighted by molar-refractivity contribution is 0.738. The zero-order valence-corrected chi connectivity index (χ0v) is 7.38. The van der Waals surface area contributed by atoms with Crippen molar-refractivity contribution in [2.24, 2.45) is 0 Å². The fourth-order valence-electron chi connectivity index (χ4n) is 0.923. The predicted octanol–water partition coefficient (Wildman–Crippen LogP) is 1.10. The fraction of sp³-hybridized carbons (Fsp3) is 0.444. The Morgan fingerprint density at radius 2 is 2.25 bits per heavy atom. The SMILES string of the molecule is CCNCCNc1ccccn1. The summed E-state index contributed by atoms with van der Waals surface area (Å²) in [4.78, 5) is 4.14. The Balaban J connectivity index is 2.16. The van der Waals surface area contributed by atoms with Gasteiger partial charge in [0.15, 0.2) is 0 Å². The van der Waals surface area contributed by atoms with Crippen molar-refractivity contribution in [1.29, 1.82) is 0 Å². The molecule has 0 fully saturated rings. The monoisotopic (exact) mass is 165 g/mol. The maximum atomic E-state index is 4.14. The number of likely N-dealkylation sites (N-methyl/N-ethyl adjacent to an activating group) is 1. The molecule has 0 spiro atoms. The second kappa shape index (κ2) is 5.55. The van der Waals surface area contributed by atoms with Crippen molar-refractivity contribution in [2.75, 3.05) is 25.0 Å². The standard InChI is InChI=1S/C9H15N3/c1-2-10-7-8-12-9-5-3-4-6-11-9/h3-6,10H,2,7-8H2,1H3,(H,11,12). The van der Waals surface area contributed by atoms with Gasteiger partial charge in [-0.1, -0.05) is 13.0 Å². The van der Waals surface area contributed by atoms with Gasteiger partial charge in [-0.15, -0.1) is 0 Å². The van der Waals surface area contributed by atoms with E-state index in [0.29, 0.717) is 0 Å². The van der Waals surface area contributed by atoms with E-state index < -0.39 is 0 Å². The molecule has 1 rings (SSSR count). The van der Waals surface area contributed by atoms with E-state index in [1.807, 2.05) is 18.2 Å². The first-order valence-electron chi connectivity index (χ1n) is 4.29. The van der Waals surface area contributed by atoms with Crippen LogP contribution in [0.2, 0.25) is 0 Å². The summed E-state index contributed by atoms with van der Waals surface area (Å²) in [7, 11) is 0. The van der Waals surface area contributed by atoms with Crippen molar-refractivity contribution in [3.63, 3.8) is 0 Å². The number of pyridine rings is 1. The summed E-state index contributed by atoms with van der Waals surface area (Å²) in [6.45, 7) is 5.02. The molecule has 0 radical (unpaired) electrons. The maximum absolute atomic E-state index is 4.14. The van der Waals surface area contributed by atoms with Crippen LogP contribution in [-0.2, 0) is 0 Å². The first kappa shape index (κ1) is 9.00. The van der Waals surface area contributed by atoms with E-state index in [9.17, 15) is 0 Å². The van der Waals surface area contributed by atoms with Crippen LogP contribution in [0.4, 0.5) is 5.82 Å². The lowest BCUT2D eigenvalue weighted by Gasteiger charge is -2.04. The summed E-state index contributed by atoms with van der Waals surface area (Å²) >= 11 is 0. The topological polar surface area (TPSA) is 37.0 Å². The molecule has 0 amide bonds. The molecule has 1 aromatic heterocycles. The van der Waals surface area contributed by atoms with E-state index in [0.717, 1.165) is 25.5 Å². The molecule has 12 heavy (non-hydrogen) atoms. The van der Waals surface area contributed by atoms with Crippen LogP contribution in [0, 0.1) is 0 Å². The molecule has 0 bridgehead atoms. The molecule has 2 N–H and O–H groups in total. The average Bonchev–Trinajstić information content (AvgIpc) is 2.14. The number of rotatable bonds is 5. The molecule has 0 aliphatic rings. The number of nitrogens with zero attached hydrogens (tertiary/aromatic N) is 1. The van der Waals surface area contributed by atoms with E-state index in [4.69, 9.17) is 0 Å². The summed E-state index contributed by atoms with van der Waals surface area (Å²) in [5.74, 6) is 0.940. The largest absolute Gasteiger partial charge is 0.369 e. The van der Waals surface area contributed by atoms with Gasteiger partial charge in [-0.05, 0) is 18.7 Å². The Morgan fingerprint density at radius 1 is 1.33 bits per heavy atom. The van der Waals surface area contributed by atoms with Crippen LogP contribution in [0.5, 0.6) is 0 Å². The lowest BCUT2D eigenvalue weighted by Crippen LogP contribution is -2.21. The normalized spacial score (nSPS) is 9.75. The van der Waals surface area contributed by atoms with Gasteiger partial charge in [-0.3, -0.25) is 0 Å². The third-order valence-electron chi connectivity index (χ3n) is 1.52. The highest BCUT2D eigenvalue weighted by Crippen LogP contribution is 1.97. The van der Waals surface area contributed by atoms with E-state index in [2.05, 4.69) is 22.5 Å². The van der Waals surface area contributed by atoms with Crippen molar-refractivity contribution in [2.45, 2.75) is 6.92 Å². The lowest BCUT2D eigenvalue weighted by atomic mass is 10.4. The number of hydrogen-bond donors (Lipinski definition) is 2. The van der Waals surface area contributed by atoms with Gasteiger partial charge >= 0.3 is 0 Å². The molecule has 1 aromatic rings. The van der Waals surface area contributed by atoms with Gasteiger partial charge < -0.3 is 10.6 Å². The minimum absolute atomic E-state index is 0.921. The molecule has 0 unspecified atom stereocenters. The molecular formula is C9H15N3. The van der Waals surface area contributed by atoms with Crippen LogP contribution in [0.1, 0.15) is 6.92 Å². The first-order valence-corrected chi connectivity index (χ1v) is 4.29. The second-order valence-electron chi connectivity index (χ2n) is 2.50. The second-order valence-corrected chi connectivity index (χ2v) is 2.50. The van der Waals surface area contributed by atoms with E-state index in [1.54, 1.807) is 6.20 Å². The van der Waals surface area contributed by atoms with Crippen molar-refractivity contribution < 1.29 is 0 Å². The van der Waals surface area contributed by atoms with Crippen LogP contribution >= 0.6 is 0 Å². The Bertz CT molecular complexity index is 198. The minimum Gasteiger partial charge on any atom is -0.369 e. The van der Waals surface area contributed by atoms with Crippen LogP contribution in [0.15, 0.2) is 24.4 Å². The molecule has 1 heterocycles. The summed E-state index contributed by atoms with van der Waals surface area (Å²) < 4.78 is 0.